The van der Waals surface area contributed by atoms with E-state index < -0.39 is 0 Å². The SMILES string of the molecule is CN1C2=C(C(=O)CC(C)(C)C2)[C@H](c2ccc(Br)cc2)C2=C1c1ccccc1C2=O. The Morgan fingerprint density at radius 2 is 1.59 bits per heavy atom. The van der Waals surface area contributed by atoms with E-state index in [1.165, 1.54) is 0 Å². The molecule has 0 bridgehead atoms. The predicted octanol–water partition coefficient (Wildman–Crippen LogP) is 5.73. The standard InChI is InChI=1S/C25H22BrNO2/c1-25(2)12-18-21(19(28)13-25)20(14-8-10-15(26)11-9-14)22-23(27(18)3)16-6-4-5-7-17(16)24(22)29/h4-11,20H,12-13H2,1-3H3/t20-/m0/s1. The average molecular weight is 448 g/mol. The van der Waals surface area contributed by atoms with Crippen molar-refractivity contribution in [2.75, 3.05) is 7.05 Å². The third-order valence-corrected chi connectivity index (χ3v) is 6.87. The van der Waals surface area contributed by atoms with Gasteiger partial charge in [0.1, 0.15) is 0 Å². The number of halogens is 1. The highest BCUT2D eigenvalue weighted by Gasteiger charge is 2.48. The number of rotatable bonds is 1. The molecule has 5 rings (SSSR count). The molecule has 0 aromatic heterocycles. The van der Waals surface area contributed by atoms with Gasteiger partial charge in [-0.05, 0) is 29.5 Å². The zero-order chi connectivity index (χ0) is 20.5. The van der Waals surface area contributed by atoms with Crippen LogP contribution in [0.4, 0.5) is 0 Å². The molecular weight excluding hydrogens is 426 g/mol. The van der Waals surface area contributed by atoms with E-state index in [0.717, 1.165) is 50.1 Å². The molecule has 3 aliphatic rings. The van der Waals surface area contributed by atoms with Gasteiger partial charge < -0.3 is 4.90 Å². The largest absolute Gasteiger partial charge is 0.347 e. The van der Waals surface area contributed by atoms with E-state index in [-0.39, 0.29) is 22.9 Å². The summed E-state index contributed by atoms with van der Waals surface area (Å²) in [5.74, 6) is -0.112. The normalized spacial score (nSPS) is 22.6. The fraction of sp³-hybridized carbons (Fsp3) is 0.280. The number of allylic oxidation sites excluding steroid dienone is 3. The van der Waals surface area contributed by atoms with Crippen molar-refractivity contribution < 1.29 is 9.59 Å². The molecule has 0 saturated heterocycles. The molecule has 4 heteroatoms. The fourth-order valence-electron chi connectivity index (χ4n) is 5.11. The maximum Gasteiger partial charge on any atom is 0.192 e. The van der Waals surface area contributed by atoms with Crippen molar-refractivity contribution in [2.45, 2.75) is 32.6 Å². The molecule has 1 atom stereocenters. The molecule has 2 aromatic rings. The molecule has 0 N–H and O–H groups in total. The van der Waals surface area contributed by atoms with Crippen LogP contribution in [0.5, 0.6) is 0 Å². The number of Topliss-reactive ketones (excluding diaryl/α,β-unsaturated/α-hetero) is 2. The first kappa shape index (κ1) is 18.6. The Balaban J connectivity index is 1.79. The second-order valence-electron chi connectivity index (χ2n) is 8.98. The molecule has 0 amide bonds. The molecule has 146 valence electrons. The number of carbonyl (C=O) groups is 2. The summed E-state index contributed by atoms with van der Waals surface area (Å²) in [6, 6.07) is 15.8. The number of fused-ring (bicyclic) bond motifs is 2. The molecular formula is C25H22BrNO2. The Hall–Kier alpha value is -2.46. The van der Waals surface area contributed by atoms with Crippen LogP contribution in [-0.2, 0) is 4.79 Å². The molecule has 0 saturated carbocycles. The minimum Gasteiger partial charge on any atom is -0.347 e. The molecule has 29 heavy (non-hydrogen) atoms. The fourth-order valence-corrected chi connectivity index (χ4v) is 5.38. The summed E-state index contributed by atoms with van der Waals surface area (Å²) in [4.78, 5) is 29.0. The van der Waals surface area contributed by atoms with Crippen molar-refractivity contribution in [3.63, 3.8) is 0 Å². The van der Waals surface area contributed by atoms with Crippen LogP contribution in [0.1, 0.15) is 54.1 Å². The summed E-state index contributed by atoms with van der Waals surface area (Å²) in [5, 5.41) is 0. The van der Waals surface area contributed by atoms with Gasteiger partial charge in [0.05, 0.1) is 5.70 Å². The van der Waals surface area contributed by atoms with E-state index in [2.05, 4.69) is 34.7 Å². The Kier molecular flexibility index (Phi) is 4.01. The van der Waals surface area contributed by atoms with Crippen LogP contribution >= 0.6 is 15.9 Å². The second kappa shape index (κ2) is 6.27. The zero-order valence-electron chi connectivity index (χ0n) is 16.8. The quantitative estimate of drug-likeness (QED) is 0.559. The van der Waals surface area contributed by atoms with Crippen molar-refractivity contribution in [1.82, 2.24) is 4.90 Å². The number of hydrogen-bond donors (Lipinski definition) is 0. The van der Waals surface area contributed by atoms with Crippen molar-refractivity contribution in [3.05, 3.63) is 86.5 Å². The van der Waals surface area contributed by atoms with E-state index in [1.54, 1.807) is 0 Å². The lowest BCUT2D eigenvalue weighted by atomic mass is 9.68. The van der Waals surface area contributed by atoms with Gasteiger partial charge in [0, 0.05) is 51.8 Å². The van der Waals surface area contributed by atoms with Crippen LogP contribution in [0, 0.1) is 5.41 Å². The van der Waals surface area contributed by atoms with Crippen molar-refractivity contribution >= 4 is 33.2 Å². The highest BCUT2D eigenvalue weighted by Crippen LogP contribution is 2.54. The first-order chi connectivity index (χ1) is 13.8. The summed E-state index contributed by atoms with van der Waals surface area (Å²) in [6.07, 6.45) is 1.33. The third kappa shape index (κ3) is 2.69. The number of nitrogens with zero attached hydrogens (tertiary/aromatic N) is 1. The minimum atomic E-state index is -0.312. The first-order valence-electron chi connectivity index (χ1n) is 9.92. The van der Waals surface area contributed by atoms with Crippen LogP contribution in [0.15, 0.2) is 69.8 Å². The van der Waals surface area contributed by atoms with E-state index in [4.69, 9.17) is 0 Å². The molecule has 0 radical (unpaired) electrons. The van der Waals surface area contributed by atoms with Gasteiger partial charge in [-0.25, -0.2) is 0 Å². The van der Waals surface area contributed by atoms with Gasteiger partial charge >= 0.3 is 0 Å². The van der Waals surface area contributed by atoms with Gasteiger partial charge in [0.2, 0.25) is 0 Å². The Labute approximate surface area is 179 Å². The monoisotopic (exact) mass is 447 g/mol. The highest BCUT2D eigenvalue weighted by molar-refractivity contribution is 9.10. The minimum absolute atomic E-state index is 0.0413. The molecule has 0 unspecified atom stereocenters. The summed E-state index contributed by atoms with van der Waals surface area (Å²) >= 11 is 3.50. The molecule has 1 aliphatic heterocycles. The van der Waals surface area contributed by atoms with Crippen LogP contribution < -0.4 is 0 Å². The van der Waals surface area contributed by atoms with Crippen LogP contribution in [0.3, 0.4) is 0 Å². The van der Waals surface area contributed by atoms with Crippen molar-refractivity contribution in [2.24, 2.45) is 5.41 Å². The molecule has 1 heterocycles. The molecule has 0 fully saturated rings. The lowest BCUT2D eigenvalue weighted by Gasteiger charge is -2.43. The van der Waals surface area contributed by atoms with E-state index in [1.807, 2.05) is 55.6 Å². The van der Waals surface area contributed by atoms with Crippen LogP contribution in [0.25, 0.3) is 5.70 Å². The molecule has 0 spiro atoms. The lowest BCUT2D eigenvalue weighted by molar-refractivity contribution is -0.118. The Morgan fingerprint density at radius 3 is 2.28 bits per heavy atom. The lowest BCUT2D eigenvalue weighted by Crippen LogP contribution is -2.37. The second-order valence-corrected chi connectivity index (χ2v) is 9.90. The van der Waals surface area contributed by atoms with Crippen molar-refractivity contribution in [3.8, 4) is 0 Å². The predicted molar refractivity (Wildman–Crippen MR) is 117 cm³/mol. The summed E-state index contributed by atoms with van der Waals surface area (Å²) in [5.41, 5.74) is 6.17. The Morgan fingerprint density at radius 1 is 0.931 bits per heavy atom. The van der Waals surface area contributed by atoms with Gasteiger partial charge in [0.25, 0.3) is 0 Å². The summed E-state index contributed by atoms with van der Waals surface area (Å²) in [7, 11) is 2.01. The van der Waals surface area contributed by atoms with Gasteiger partial charge in [-0.1, -0.05) is 66.2 Å². The third-order valence-electron chi connectivity index (χ3n) is 6.34. The van der Waals surface area contributed by atoms with Gasteiger partial charge in [-0.3, -0.25) is 9.59 Å². The maximum atomic E-state index is 13.5. The first-order valence-corrected chi connectivity index (χ1v) is 10.7. The number of hydrogen-bond acceptors (Lipinski definition) is 3. The number of ketones is 2. The number of carbonyl (C=O) groups excluding carboxylic acids is 2. The summed E-state index contributed by atoms with van der Waals surface area (Å²) < 4.78 is 0.981. The van der Waals surface area contributed by atoms with Gasteiger partial charge in [0.15, 0.2) is 11.6 Å². The topological polar surface area (TPSA) is 37.4 Å². The van der Waals surface area contributed by atoms with E-state index in [0.29, 0.717) is 6.42 Å². The molecule has 2 aromatic carbocycles. The van der Waals surface area contributed by atoms with Crippen molar-refractivity contribution in [1.29, 1.82) is 0 Å². The van der Waals surface area contributed by atoms with Crippen LogP contribution in [-0.4, -0.2) is 23.5 Å². The van der Waals surface area contributed by atoms with E-state index >= 15 is 0 Å². The molecule has 3 nitrogen and oxygen atoms in total. The van der Waals surface area contributed by atoms with Gasteiger partial charge in [-0.15, -0.1) is 0 Å². The number of benzene rings is 2. The van der Waals surface area contributed by atoms with Gasteiger partial charge in [-0.2, -0.15) is 0 Å². The maximum absolute atomic E-state index is 13.5. The van der Waals surface area contributed by atoms with Crippen LogP contribution in [0.2, 0.25) is 0 Å². The van der Waals surface area contributed by atoms with E-state index in [9.17, 15) is 9.59 Å². The average Bonchev–Trinajstić information content (AvgIpc) is 2.97. The molecule has 2 aliphatic carbocycles. The Bertz CT molecular complexity index is 1140. The highest BCUT2D eigenvalue weighted by atomic mass is 79.9. The smallest absolute Gasteiger partial charge is 0.192 e. The summed E-state index contributed by atoms with van der Waals surface area (Å²) in [6.45, 7) is 4.30. The zero-order valence-corrected chi connectivity index (χ0v) is 18.3.